The molecule has 7 heteroatoms. The van der Waals surface area contributed by atoms with E-state index < -0.39 is 40.6 Å². The van der Waals surface area contributed by atoms with Crippen molar-refractivity contribution in [3.8, 4) is 0 Å². The van der Waals surface area contributed by atoms with Gasteiger partial charge >= 0.3 is 0 Å². The number of hydrogen-bond acceptors (Lipinski definition) is 3. The average molecular weight is 260 g/mol. The number of nitrogens with two attached hydrogens (primary N) is 1. The zero-order valence-corrected chi connectivity index (χ0v) is 9.33. The van der Waals surface area contributed by atoms with Gasteiger partial charge in [-0.25, -0.2) is 13.2 Å². The first kappa shape index (κ1) is 12.8. The summed E-state index contributed by atoms with van der Waals surface area (Å²) in [4.78, 5) is 10.1. The van der Waals surface area contributed by atoms with Crippen LogP contribution in [0.4, 0.5) is 18.9 Å². The van der Waals surface area contributed by atoms with Gasteiger partial charge in [0.05, 0.1) is 10.5 Å². The first-order valence-corrected chi connectivity index (χ1v) is 5.33. The van der Waals surface area contributed by atoms with Gasteiger partial charge in [0.15, 0.2) is 0 Å². The van der Waals surface area contributed by atoms with Gasteiger partial charge in [0.2, 0.25) is 5.92 Å². The number of alkyl halides is 2. The van der Waals surface area contributed by atoms with Crippen LogP contribution in [-0.4, -0.2) is 17.4 Å². The Kier molecular flexibility index (Phi) is 2.81. The lowest BCUT2D eigenvalue weighted by Crippen LogP contribution is -2.54. The van der Waals surface area contributed by atoms with Crippen LogP contribution in [0.15, 0.2) is 18.2 Å². The van der Waals surface area contributed by atoms with Gasteiger partial charge in [-0.1, -0.05) is 6.07 Å². The fourth-order valence-corrected chi connectivity index (χ4v) is 2.55. The van der Waals surface area contributed by atoms with E-state index in [1.165, 1.54) is 6.07 Å². The van der Waals surface area contributed by atoms with E-state index in [-0.39, 0.29) is 12.1 Å². The van der Waals surface area contributed by atoms with Crippen molar-refractivity contribution < 1.29 is 18.1 Å². The number of halogens is 3. The molecule has 1 aliphatic carbocycles. The lowest BCUT2D eigenvalue weighted by molar-refractivity contribution is -0.386. The minimum atomic E-state index is -2.94. The van der Waals surface area contributed by atoms with E-state index in [1.54, 1.807) is 0 Å². The van der Waals surface area contributed by atoms with Crippen LogP contribution in [0.5, 0.6) is 0 Å². The van der Waals surface area contributed by atoms with Crippen LogP contribution in [0.25, 0.3) is 0 Å². The molecule has 1 aromatic rings. The second-order valence-corrected chi connectivity index (χ2v) is 4.59. The highest BCUT2D eigenvalue weighted by molar-refractivity contribution is 5.48. The van der Waals surface area contributed by atoms with Gasteiger partial charge in [-0.05, 0) is 6.07 Å². The third-order valence-electron chi connectivity index (χ3n) is 3.30. The van der Waals surface area contributed by atoms with Gasteiger partial charge in [-0.2, -0.15) is 0 Å². The molecule has 98 valence electrons. The van der Waals surface area contributed by atoms with Gasteiger partial charge in [-0.15, -0.1) is 0 Å². The van der Waals surface area contributed by atoms with Crippen LogP contribution in [0.1, 0.15) is 18.4 Å². The molecule has 0 aliphatic heterocycles. The quantitative estimate of drug-likeness (QED) is 0.670. The first-order chi connectivity index (χ1) is 8.31. The zero-order valence-electron chi connectivity index (χ0n) is 9.33. The van der Waals surface area contributed by atoms with Gasteiger partial charge in [0.25, 0.3) is 5.69 Å². The van der Waals surface area contributed by atoms with Crippen LogP contribution in [0, 0.1) is 15.9 Å². The van der Waals surface area contributed by atoms with Crippen LogP contribution in [-0.2, 0) is 5.41 Å². The maximum atomic E-state index is 13.8. The Labute approximate surface area is 101 Å². The topological polar surface area (TPSA) is 69.2 Å². The van der Waals surface area contributed by atoms with Crippen LogP contribution in [0.3, 0.4) is 0 Å². The maximum absolute atomic E-state index is 13.8. The Balaban J connectivity index is 2.53. The highest BCUT2D eigenvalue weighted by Gasteiger charge is 2.59. The van der Waals surface area contributed by atoms with Gasteiger partial charge in [-0.3, -0.25) is 10.1 Å². The molecule has 2 N–H and O–H groups in total. The van der Waals surface area contributed by atoms with Crippen molar-refractivity contribution in [1.29, 1.82) is 0 Å². The number of nitro benzene ring substituents is 1. The van der Waals surface area contributed by atoms with Crippen molar-refractivity contribution in [2.24, 2.45) is 5.73 Å². The molecule has 0 saturated heterocycles. The minimum absolute atomic E-state index is 0.246. The van der Waals surface area contributed by atoms with Crippen LogP contribution in [0.2, 0.25) is 0 Å². The largest absolute Gasteiger partial charge is 0.330 e. The molecule has 1 aromatic carbocycles. The summed E-state index contributed by atoms with van der Waals surface area (Å²) in [6.45, 7) is -0.246. The molecule has 0 bridgehead atoms. The van der Waals surface area contributed by atoms with E-state index in [0.29, 0.717) is 0 Å². The summed E-state index contributed by atoms with van der Waals surface area (Å²) in [6, 6.07) is 3.31. The number of rotatable bonds is 3. The summed E-state index contributed by atoms with van der Waals surface area (Å²) in [6.07, 6.45) is -1.31. The van der Waals surface area contributed by atoms with Crippen molar-refractivity contribution in [3.05, 3.63) is 39.7 Å². The molecular weight excluding hydrogens is 249 g/mol. The van der Waals surface area contributed by atoms with Crippen molar-refractivity contribution in [2.45, 2.75) is 24.2 Å². The van der Waals surface area contributed by atoms with Crippen LogP contribution < -0.4 is 5.73 Å². The van der Waals surface area contributed by atoms with Gasteiger partial charge < -0.3 is 5.73 Å². The predicted octanol–water partition coefficient (Wildman–Crippen LogP) is 2.36. The van der Waals surface area contributed by atoms with E-state index in [0.717, 1.165) is 12.1 Å². The van der Waals surface area contributed by atoms with E-state index in [1.807, 2.05) is 0 Å². The summed E-state index contributed by atoms with van der Waals surface area (Å²) in [5.74, 6) is -3.79. The second-order valence-electron chi connectivity index (χ2n) is 4.59. The Morgan fingerprint density at radius 3 is 2.44 bits per heavy atom. The Morgan fingerprint density at radius 1 is 1.39 bits per heavy atom. The molecule has 2 rings (SSSR count). The molecule has 0 atom stereocenters. The molecule has 1 aliphatic rings. The number of nitrogens with zero attached hydrogens (tertiary/aromatic N) is 1. The highest BCUT2D eigenvalue weighted by Crippen LogP contribution is 2.55. The third-order valence-corrected chi connectivity index (χ3v) is 3.30. The lowest BCUT2D eigenvalue weighted by atomic mass is 9.61. The minimum Gasteiger partial charge on any atom is -0.330 e. The summed E-state index contributed by atoms with van der Waals surface area (Å²) in [5, 5.41) is 10.8. The fraction of sp³-hybridized carbons (Fsp3) is 0.455. The average Bonchev–Trinajstić information content (AvgIpc) is 2.24. The zero-order chi connectivity index (χ0) is 13.6. The predicted molar refractivity (Wildman–Crippen MR) is 58.0 cm³/mol. The van der Waals surface area contributed by atoms with E-state index in [2.05, 4.69) is 0 Å². The Bertz CT molecular complexity index is 497. The van der Waals surface area contributed by atoms with Crippen LogP contribution >= 0.6 is 0 Å². The number of hydrogen-bond donors (Lipinski definition) is 1. The summed E-state index contributed by atoms with van der Waals surface area (Å²) in [5.41, 5.74) is 3.31. The standard InChI is InChI=1S/C11H11F3N2O2/c12-7-2-1-3-8(16(17)18)9(7)10(6-15)4-11(13,14)5-10/h1-3H,4-6,15H2. The molecule has 0 amide bonds. The molecule has 4 nitrogen and oxygen atoms in total. The normalized spacial score (nSPS) is 20.2. The van der Waals surface area contributed by atoms with E-state index >= 15 is 0 Å². The second kappa shape index (κ2) is 3.94. The smallest absolute Gasteiger partial charge is 0.276 e. The summed E-state index contributed by atoms with van der Waals surface area (Å²) < 4.78 is 39.8. The summed E-state index contributed by atoms with van der Waals surface area (Å²) in [7, 11) is 0. The van der Waals surface area contributed by atoms with Gasteiger partial charge in [0, 0.05) is 30.9 Å². The van der Waals surface area contributed by atoms with Crippen molar-refractivity contribution >= 4 is 5.69 Å². The third kappa shape index (κ3) is 1.84. The molecule has 1 fully saturated rings. The fourth-order valence-electron chi connectivity index (χ4n) is 2.55. The van der Waals surface area contributed by atoms with Crippen molar-refractivity contribution in [1.82, 2.24) is 0 Å². The first-order valence-electron chi connectivity index (χ1n) is 5.33. The molecule has 18 heavy (non-hydrogen) atoms. The molecular formula is C11H11F3N2O2. The summed E-state index contributed by atoms with van der Waals surface area (Å²) >= 11 is 0. The lowest BCUT2D eigenvalue weighted by Gasteiger charge is -2.46. The van der Waals surface area contributed by atoms with E-state index in [4.69, 9.17) is 5.73 Å². The van der Waals surface area contributed by atoms with E-state index in [9.17, 15) is 23.3 Å². The Morgan fingerprint density at radius 2 is 2.00 bits per heavy atom. The highest BCUT2D eigenvalue weighted by atomic mass is 19.3. The molecule has 0 spiro atoms. The SMILES string of the molecule is NCC1(c2c(F)cccc2[N+](=O)[O-])CC(F)(F)C1. The molecule has 0 unspecified atom stereocenters. The van der Waals surface area contributed by atoms with Crippen molar-refractivity contribution in [2.75, 3.05) is 6.54 Å². The van der Waals surface area contributed by atoms with Gasteiger partial charge in [0.1, 0.15) is 5.82 Å². The Hall–Kier alpha value is -1.63. The number of nitro groups is 1. The molecule has 0 aromatic heterocycles. The molecule has 0 radical (unpaired) electrons. The molecule has 0 heterocycles. The van der Waals surface area contributed by atoms with Crippen molar-refractivity contribution in [3.63, 3.8) is 0 Å². The monoisotopic (exact) mass is 260 g/mol. The number of benzene rings is 1. The maximum Gasteiger partial charge on any atom is 0.276 e. The molecule has 1 saturated carbocycles.